The number of ether oxygens (including phenoxy) is 1. The SMILES string of the molecule is COc1ccc(C(=O)C2CCCN2C(=O)Nc2ccccc2)cc1. The second-order valence-corrected chi connectivity index (χ2v) is 5.74. The summed E-state index contributed by atoms with van der Waals surface area (Å²) >= 11 is 0. The van der Waals surface area contributed by atoms with Gasteiger partial charge in [0.15, 0.2) is 5.78 Å². The van der Waals surface area contributed by atoms with Gasteiger partial charge in [0, 0.05) is 17.8 Å². The van der Waals surface area contributed by atoms with E-state index in [-0.39, 0.29) is 11.8 Å². The largest absolute Gasteiger partial charge is 0.497 e. The van der Waals surface area contributed by atoms with E-state index < -0.39 is 6.04 Å². The number of hydrogen-bond donors (Lipinski definition) is 1. The average molecular weight is 324 g/mol. The van der Waals surface area contributed by atoms with Crippen LogP contribution in [0.1, 0.15) is 23.2 Å². The summed E-state index contributed by atoms with van der Waals surface area (Å²) in [4.78, 5) is 26.9. The molecule has 24 heavy (non-hydrogen) atoms. The molecule has 5 heteroatoms. The number of nitrogens with zero attached hydrogens (tertiary/aromatic N) is 1. The van der Waals surface area contributed by atoms with E-state index in [1.165, 1.54) is 0 Å². The first-order valence-corrected chi connectivity index (χ1v) is 8.00. The molecular weight excluding hydrogens is 304 g/mol. The Kier molecular flexibility index (Phi) is 4.79. The van der Waals surface area contributed by atoms with Crippen molar-refractivity contribution in [3.63, 3.8) is 0 Å². The molecule has 2 amide bonds. The van der Waals surface area contributed by atoms with Crippen LogP contribution in [0.25, 0.3) is 0 Å². The van der Waals surface area contributed by atoms with Crippen LogP contribution in [-0.2, 0) is 0 Å². The maximum atomic E-state index is 12.8. The summed E-state index contributed by atoms with van der Waals surface area (Å²) in [7, 11) is 1.59. The highest BCUT2D eigenvalue weighted by molar-refractivity contribution is 6.03. The number of Topliss-reactive ketones (excluding diaryl/α,β-unsaturated/α-hetero) is 1. The fourth-order valence-electron chi connectivity index (χ4n) is 2.95. The Morgan fingerprint density at radius 1 is 1.08 bits per heavy atom. The molecule has 1 atom stereocenters. The Morgan fingerprint density at radius 2 is 1.79 bits per heavy atom. The minimum Gasteiger partial charge on any atom is -0.497 e. The number of amides is 2. The molecule has 0 spiro atoms. The topological polar surface area (TPSA) is 58.6 Å². The van der Waals surface area contributed by atoms with Gasteiger partial charge in [0.1, 0.15) is 5.75 Å². The van der Waals surface area contributed by atoms with E-state index in [9.17, 15) is 9.59 Å². The van der Waals surface area contributed by atoms with Crippen molar-refractivity contribution in [3.8, 4) is 5.75 Å². The van der Waals surface area contributed by atoms with Crippen molar-refractivity contribution in [2.45, 2.75) is 18.9 Å². The zero-order chi connectivity index (χ0) is 16.9. The van der Waals surface area contributed by atoms with Gasteiger partial charge < -0.3 is 15.0 Å². The van der Waals surface area contributed by atoms with Gasteiger partial charge in [0.05, 0.1) is 13.2 Å². The third kappa shape index (κ3) is 3.40. The number of urea groups is 1. The van der Waals surface area contributed by atoms with Crippen LogP contribution in [-0.4, -0.2) is 36.4 Å². The van der Waals surface area contributed by atoms with Crippen LogP contribution in [0.3, 0.4) is 0 Å². The van der Waals surface area contributed by atoms with Crippen molar-refractivity contribution in [1.82, 2.24) is 4.90 Å². The number of methoxy groups -OCH3 is 1. The Hall–Kier alpha value is -2.82. The number of ketones is 1. The zero-order valence-corrected chi connectivity index (χ0v) is 13.6. The summed E-state index contributed by atoms with van der Waals surface area (Å²) in [5.74, 6) is 0.676. The molecule has 0 saturated carbocycles. The first-order chi connectivity index (χ1) is 11.7. The molecule has 124 valence electrons. The van der Waals surface area contributed by atoms with Crippen LogP contribution in [0.2, 0.25) is 0 Å². The lowest BCUT2D eigenvalue weighted by molar-refractivity contribution is 0.0893. The van der Waals surface area contributed by atoms with Gasteiger partial charge in [-0.2, -0.15) is 0 Å². The Balaban J connectivity index is 1.72. The van der Waals surface area contributed by atoms with E-state index >= 15 is 0 Å². The molecule has 0 aromatic heterocycles. The van der Waals surface area contributed by atoms with Crippen LogP contribution in [0.15, 0.2) is 54.6 Å². The Labute approximate surface area is 141 Å². The van der Waals surface area contributed by atoms with Gasteiger partial charge in [-0.05, 0) is 49.2 Å². The molecule has 1 aliphatic rings. The second-order valence-electron chi connectivity index (χ2n) is 5.74. The predicted octanol–water partition coefficient (Wildman–Crippen LogP) is 3.57. The van der Waals surface area contributed by atoms with Crippen molar-refractivity contribution in [2.75, 3.05) is 19.0 Å². The minimum absolute atomic E-state index is 0.0293. The molecule has 2 aromatic carbocycles. The number of benzene rings is 2. The van der Waals surface area contributed by atoms with Gasteiger partial charge in [-0.1, -0.05) is 18.2 Å². The number of carbonyl (C=O) groups excluding carboxylic acids is 2. The number of carbonyl (C=O) groups is 2. The normalized spacial score (nSPS) is 16.7. The molecule has 2 aromatic rings. The standard InChI is InChI=1S/C19H20N2O3/c1-24-16-11-9-14(10-12-16)18(22)17-8-5-13-21(17)19(23)20-15-6-3-2-4-7-15/h2-4,6-7,9-12,17H,5,8,13H2,1H3,(H,20,23). The lowest BCUT2D eigenvalue weighted by Gasteiger charge is -2.24. The number of para-hydroxylation sites is 1. The highest BCUT2D eigenvalue weighted by Gasteiger charge is 2.34. The first-order valence-electron chi connectivity index (χ1n) is 8.00. The zero-order valence-electron chi connectivity index (χ0n) is 13.6. The number of hydrogen-bond acceptors (Lipinski definition) is 3. The molecule has 0 radical (unpaired) electrons. The molecule has 1 fully saturated rings. The number of likely N-dealkylation sites (tertiary alicyclic amines) is 1. The number of rotatable bonds is 4. The van der Waals surface area contributed by atoms with Crippen LogP contribution in [0.4, 0.5) is 10.5 Å². The fraction of sp³-hybridized carbons (Fsp3) is 0.263. The van der Waals surface area contributed by atoms with Crippen LogP contribution in [0.5, 0.6) is 5.75 Å². The Morgan fingerprint density at radius 3 is 2.46 bits per heavy atom. The summed E-state index contributed by atoms with van der Waals surface area (Å²) in [6.45, 7) is 0.589. The molecular formula is C19H20N2O3. The maximum Gasteiger partial charge on any atom is 0.322 e. The van der Waals surface area contributed by atoms with E-state index in [0.29, 0.717) is 24.3 Å². The van der Waals surface area contributed by atoms with E-state index in [2.05, 4.69) is 5.32 Å². The third-order valence-corrected chi connectivity index (χ3v) is 4.22. The van der Waals surface area contributed by atoms with Crippen molar-refractivity contribution in [2.24, 2.45) is 0 Å². The monoisotopic (exact) mass is 324 g/mol. The molecule has 0 bridgehead atoms. The molecule has 5 nitrogen and oxygen atoms in total. The molecule has 0 aliphatic carbocycles. The van der Waals surface area contributed by atoms with Crippen molar-refractivity contribution < 1.29 is 14.3 Å². The highest BCUT2D eigenvalue weighted by atomic mass is 16.5. The first kappa shape index (κ1) is 16.1. The highest BCUT2D eigenvalue weighted by Crippen LogP contribution is 2.23. The second kappa shape index (κ2) is 7.17. The van der Waals surface area contributed by atoms with E-state index in [0.717, 1.165) is 12.1 Å². The molecule has 1 N–H and O–H groups in total. The summed E-state index contributed by atoms with van der Waals surface area (Å²) < 4.78 is 5.11. The van der Waals surface area contributed by atoms with Gasteiger partial charge in [0.25, 0.3) is 0 Å². The Bertz CT molecular complexity index is 713. The summed E-state index contributed by atoms with van der Waals surface area (Å²) in [6, 6.07) is 15.6. The summed E-state index contributed by atoms with van der Waals surface area (Å²) in [5.41, 5.74) is 1.32. The van der Waals surface area contributed by atoms with Gasteiger partial charge in [0.2, 0.25) is 0 Å². The number of anilines is 1. The van der Waals surface area contributed by atoms with Gasteiger partial charge >= 0.3 is 6.03 Å². The average Bonchev–Trinajstić information content (AvgIpc) is 3.12. The van der Waals surface area contributed by atoms with Gasteiger partial charge in [-0.3, -0.25) is 4.79 Å². The number of nitrogens with one attached hydrogen (secondary N) is 1. The summed E-state index contributed by atoms with van der Waals surface area (Å²) in [6.07, 6.45) is 1.52. The molecule has 3 rings (SSSR count). The van der Waals surface area contributed by atoms with Gasteiger partial charge in [-0.15, -0.1) is 0 Å². The maximum absolute atomic E-state index is 12.8. The lowest BCUT2D eigenvalue weighted by Crippen LogP contribution is -2.42. The van der Waals surface area contributed by atoms with Crippen LogP contribution in [0, 0.1) is 0 Å². The summed E-state index contributed by atoms with van der Waals surface area (Å²) in [5, 5.41) is 2.85. The van der Waals surface area contributed by atoms with E-state index in [1.807, 2.05) is 30.3 Å². The smallest absolute Gasteiger partial charge is 0.322 e. The van der Waals surface area contributed by atoms with Crippen molar-refractivity contribution >= 4 is 17.5 Å². The van der Waals surface area contributed by atoms with Crippen LogP contribution < -0.4 is 10.1 Å². The third-order valence-electron chi connectivity index (χ3n) is 4.22. The van der Waals surface area contributed by atoms with E-state index in [1.54, 1.807) is 36.3 Å². The minimum atomic E-state index is -0.415. The molecule has 1 unspecified atom stereocenters. The van der Waals surface area contributed by atoms with Crippen molar-refractivity contribution in [1.29, 1.82) is 0 Å². The molecule has 1 saturated heterocycles. The lowest BCUT2D eigenvalue weighted by atomic mass is 10.0. The van der Waals surface area contributed by atoms with Crippen LogP contribution >= 0.6 is 0 Å². The fourth-order valence-corrected chi connectivity index (χ4v) is 2.95. The quantitative estimate of drug-likeness (QED) is 0.875. The van der Waals surface area contributed by atoms with E-state index in [4.69, 9.17) is 4.74 Å². The molecule has 1 aliphatic heterocycles. The predicted molar refractivity (Wildman–Crippen MR) is 92.5 cm³/mol. The molecule has 1 heterocycles. The van der Waals surface area contributed by atoms with Crippen molar-refractivity contribution in [3.05, 3.63) is 60.2 Å². The van der Waals surface area contributed by atoms with Gasteiger partial charge in [-0.25, -0.2) is 4.79 Å².